The summed E-state index contributed by atoms with van der Waals surface area (Å²) in [5.74, 6) is -2.67. The first-order valence-electron chi connectivity index (χ1n) is 5.34. The van der Waals surface area contributed by atoms with Crippen molar-refractivity contribution in [1.82, 2.24) is 9.78 Å². The molecule has 0 atom stereocenters. The van der Waals surface area contributed by atoms with E-state index in [4.69, 9.17) is 5.11 Å². The molecule has 0 unspecified atom stereocenters. The van der Waals surface area contributed by atoms with Crippen LogP contribution in [0.5, 0.6) is 0 Å². The number of alkyl halides is 3. The van der Waals surface area contributed by atoms with Gasteiger partial charge in [-0.05, 0) is 18.2 Å². The highest BCUT2D eigenvalue weighted by Crippen LogP contribution is 2.33. The van der Waals surface area contributed by atoms with Crippen LogP contribution in [0.15, 0.2) is 24.3 Å². The van der Waals surface area contributed by atoms with Gasteiger partial charge in [-0.1, -0.05) is 6.07 Å². The lowest BCUT2D eigenvalue weighted by molar-refractivity contribution is -0.139. The molecular weight excluding hydrogens is 280 g/mol. The summed E-state index contributed by atoms with van der Waals surface area (Å²) in [4.78, 5) is 10.8. The third kappa shape index (κ3) is 2.49. The summed E-state index contributed by atoms with van der Waals surface area (Å²) in [5.41, 5.74) is -1.38. The molecule has 0 saturated heterocycles. The zero-order chi connectivity index (χ0) is 15.1. The Morgan fingerprint density at radius 2 is 1.95 bits per heavy atom. The van der Waals surface area contributed by atoms with Gasteiger partial charge in [0.05, 0.1) is 11.3 Å². The van der Waals surface area contributed by atoms with Gasteiger partial charge < -0.3 is 5.11 Å². The van der Waals surface area contributed by atoms with Crippen molar-refractivity contribution in [2.45, 2.75) is 6.18 Å². The number of benzene rings is 1. The Kier molecular flexibility index (Phi) is 3.24. The Balaban J connectivity index is 2.47. The molecule has 1 heterocycles. The van der Waals surface area contributed by atoms with Crippen molar-refractivity contribution in [2.75, 3.05) is 0 Å². The molecule has 0 aliphatic heterocycles. The van der Waals surface area contributed by atoms with Gasteiger partial charge >= 0.3 is 12.1 Å². The predicted molar refractivity (Wildman–Crippen MR) is 60.6 cm³/mol. The maximum absolute atomic E-state index is 13.4. The number of carbonyl (C=O) groups is 1. The van der Waals surface area contributed by atoms with Crippen LogP contribution in [0.2, 0.25) is 0 Å². The number of aromatic carboxylic acids is 1. The van der Waals surface area contributed by atoms with Crippen molar-refractivity contribution in [3.63, 3.8) is 0 Å². The average molecular weight is 288 g/mol. The summed E-state index contributed by atoms with van der Waals surface area (Å²) in [6, 6.07) is 3.47. The summed E-state index contributed by atoms with van der Waals surface area (Å²) >= 11 is 0. The van der Waals surface area contributed by atoms with Gasteiger partial charge in [0.1, 0.15) is 11.5 Å². The Labute approximate surface area is 110 Å². The molecule has 0 spiro atoms. The van der Waals surface area contributed by atoms with E-state index < -0.39 is 23.5 Å². The minimum atomic E-state index is -4.78. The van der Waals surface area contributed by atoms with Crippen LogP contribution in [0.4, 0.5) is 17.6 Å². The van der Waals surface area contributed by atoms with E-state index in [1.54, 1.807) is 0 Å². The molecule has 0 aliphatic rings. The van der Waals surface area contributed by atoms with Crippen LogP contribution in [-0.4, -0.2) is 20.9 Å². The molecule has 0 aliphatic carbocycles. The van der Waals surface area contributed by atoms with E-state index in [-0.39, 0.29) is 17.0 Å². The van der Waals surface area contributed by atoms with Gasteiger partial charge in [-0.25, -0.2) is 9.18 Å². The molecule has 2 aromatic rings. The van der Waals surface area contributed by atoms with E-state index in [2.05, 4.69) is 5.10 Å². The second kappa shape index (κ2) is 4.62. The first-order chi connectivity index (χ1) is 9.20. The summed E-state index contributed by atoms with van der Waals surface area (Å²) < 4.78 is 51.7. The Morgan fingerprint density at radius 1 is 1.30 bits per heavy atom. The molecule has 4 nitrogen and oxygen atoms in total. The Morgan fingerprint density at radius 3 is 2.40 bits per heavy atom. The maximum atomic E-state index is 13.4. The highest BCUT2D eigenvalue weighted by molar-refractivity contribution is 5.87. The molecule has 1 aromatic carbocycles. The number of aromatic nitrogens is 2. The predicted octanol–water partition coefficient (Wildman–Crippen LogP) is 2.94. The van der Waals surface area contributed by atoms with Gasteiger partial charge in [-0.2, -0.15) is 18.3 Å². The lowest BCUT2D eigenvalue weighted by Crippen LogP contribution is -2.07. The van der Waals surface area contributed by atoms with Gasteiger partial charge in [0.2, 0.25) is 0 Å². The number of carboxylic acid groups (broad SMARTS) is 1. The van der Waals surface area contributed by atoms with Crippen molar-refractivity contribution in [2.24, 2.45) is 7.05 Å². The molecule has 20 heavy (non-hydrogen) atoms. The highest BCUT2D eigenvalue weighted by atomic mass is 19.4. The topological polar surface area (TPSA) is 55.1 Å². The fourth-order valence-corrected chi connectivity index (χ4v) is 1.71. The number of aryl methyl sites for hydroxylation is 1. The highest BCUT2D eigenvalue weighted by Gasteiger charge is 2.34. The monoisotopic (exact) mass is 288 g/mol. The van der Waals surface area contributed by atoms with Crippen LogP contribution in [0.1, 0.15) is 16.1 Å². The number of carboxylic acids is 1. The fraction of sp³-hybridized carbons (Fsp3) is 0.167. The van der Waals surface area contributed by atoms with Crippen molar-refractivity contribution in [3.8, 4) is 11.3 Å². The number of halogens is 4. The summed E-state index contributed by atoms with van der Waals surface area (Å²) in [6.45, 7) is 0. The van der Waals surface area contributed by atoms with Crippen LogP contribution in [0.25, 0.3) is 11.3 Å². The molecule has 0 saturated carbocycles. The Bertz CT molecular complexity index is 677. The fourth-order valence-electron chi connectivity index (χ4n) is 1.71. The van der Waals surface area contributed by atoms with E-state index in [9.17, 15) is 22.4 Å². The lowest BCUT2D eigenvalue weighted by Gasteiger charge is -2.08. The SMILES string of the molecule is Cn1nc(-c2ccc(C(F)(F)F)c(F)c2)cc1C(=O)O. The molecule has 0 amide bonds. The molecule has 0 bridgehead atoms. The molecule has 0 radical (unpaired) electrons. The normalized spacial score (nSPS) is 11.7. The molecule has 1 aromatic heterocycles. The molecule has 8 heteroatoms. The van der Waals surface area contributed by atoms with Gasteiger partial charge in [-0.15, -0.1) is 0 Å². The van der Waals surface area contributed by atoms with Gasteiger partial charge in [0, 0.05) is 12.6 Å². The van der Waals surface area contributed by atoms with Crippen LogP contribution in [0, 0.1) is 5.82 Å². The van der Waals surface area contributed by atoms with Crippen LogP contribution >= 0.6 is 0 Å². The molecule has 2 rings (SSSR count). The van der Waals surface area contributed by atoms with Crippen molar-refractivity contribution >= 4 is 5.97 Å². The number of hydrogen-bond acceptors (Lipinski definition) is 2. The molecule has 106 valence electrons. The lowest BCUT2D eigenvalue weighted by atomic mass is 10.1. The minimum absolute atomic E-state index is 0.0681. The largest absolute Gasteiger partial charge is 0.477 e. The summed E-state index contributed by atoms with van der Waals surface area (Å²) in [6.07, 6.45) is -4.78. The first-order valence-corrected chi connectivity index (χ1v) is 5.34. The van der Waals surface area contributed by atoms with E-state index >= 15 is 0 Å². The van der Waals surface area contributed by atoms with Crippen molar-refractivity contribution in [3.05, 3.63) is 41.3 Å². The van der Waals surface area contributed by atoms with Gasteiger partial charge in [-0.3, -0.25) is 4.68 Å². The minimum Gasteiger partial charge on any atom is -0.477 e. The maximum Gasteiger partial charge on any atom is 0.419 e. The molecule has 0 fully saturated rings. The third-order valence-electron chi connectivity index (χ3n) is 2.67. The van der Waals surface area contributed by atoms with Crippen LogP contribution < -0.4 is 0 Å². The van der Waals surface area contributed by atoms with E-state index in [1.165, 1.54) is 7.05 Å². The average Bonchev–Trinajstić information content (AvgIpc) is 2.69. The molecule has 1 N–H and O–H groups in total. The first kappa shape index (κ1) is 14.0. The van der Waals surface area contributed by atoms with E-state index in [1.807, 2.05) is 0 Å². The quantitative estimate of drug-likeness (QED) is 0.864. The summed E-state index contributed by atoms with van der Waals surface area (Å²) in [5, 5.41) is 12.7. The second-order valence-corrected chi connectivity index (χ2v) is 4.04. The van der Waals surface area contributed by atoms with Crippen molar-refractivity contribution < 1.29 is 27.5 Å². The standard InChI is InChI=1S/C12H8F4N2O2/c1-18-10(11(19)20)5-9(17-18)6-2-3-7(8(13)4-6)12(14,15)16/h2-5H,1H3,(H,19,20). The second-order valence-electron chi connectivity index (χ2n) is 4.04. The van der Waals surface area contributed by atoms with Gasteiger partial charge in [0.15, 0.2) is 0 Å². The van der Waals surface area contributed by atoms with E-state index in [0.717, 1.165) is 16.8 Å². The summed E-state index contributed by atoms with van der Waals surface area (Å²) in [7, 11) is 1.37. The molecular formula is C12H8F4N2O2. The van der Waals surface area contributed by atoms with E-state index in [0.29, 0.717) is 12.1 Å². The van der Waals surface area contributed by atoms with Crippen LogP contribution in [-0.2, 0) is 13.2 Å². The number of nitrogens with zero attached hydrogens (tertiary/aromatic N) is 2. The van der Waals surface area contributed by atoms with Gasteiger partial charge in [0.25, 0.3) is 0 Å². The third-order valence-corrected chi connectivity index (χ3v) is 2.67. The smallest absolute Gasteiger partial charge is 0.419 e. The zero-order valence-electron chi connectivity index (χ0n) is 10.1. The van der Waals surface area contributed by atoms with Crippen molar-refractivity contribution in [1.29, 1.82) is 0 Å². The number of rotatable bonds is 2. The zero-order valence-corrected chi connectivity index (χ0v) is 10.1. The Hall–Kier alpha value is -2.38. The number of hydrogen-bond donors (Lipinski definition) is 1. The van der Waals surface area contributed by atoms with Crippen LogP contribution in [0.3, 0.4) is 0 Å².